The molecule has 1 N–H and O–H groups in total. The Balaban J connectivity index is 1.15. The van der Waals surface area contributed by atoms with E-state index in [1.165, 1.54) is 6.42 Å². The van der Waals surface area contributed by atoms with Gasteiger partial charge in [-0.25, -0.2) is 4.98 Å². The normalized spacial score (nSPS) is 21.1. The van der Waals surface area contributed by atoms with E-state index in [0.717, 1.165) is 86.0 Å². The highest BCUT2D eigenvalue weighted by Gasteiger charge is 2.42. The predicted octanol–water partition coefficient (Wildman–Crippen LogP) is 4.73. The topological polar surface area (TPSA) is 63.7 Å². The number of aryl methyl sites for hydroxylation is 1. The van der Waals surface area contributed by atoms with Crippen molar-refractivity contribution in [3.05, 3.63) is 34.3 Å². The molecule has 160 valence electrons. The maximum Gasteiger partial charge on any atom is 0.251 e. The van der Waals surface area contributed by atoms with E-state index in [1.807, 2.05) is 25.1 Å². The van der Waals surface area contributed by atoms with E-state index in [-0.39, 0.29) is 11.8 Å². The van der Waals surface area contributed by atoms with E-state index in [1.54, 1.807) is 11.3 Å². The van der Waals surface area contributed by atoms with Gasteiger partial charge in [0.2, 0.25) is 5.91 Å². The molecule has 7 heteroatoms. The van der Waals surface area contributed by atoms with E-state index in [4.69, 9.17) is 9.47 Å². The van der Waals surface area contributed by atoms with E-state index >= 15 is 0 Å². The summed E-state index contributed by atoms with van der Waals surface area (Å²) in [6.45, 7) is 4.77. The van der Waals surface area contributed by atoms with Gasteiger partial charge >= 0.3 is 0 Å². The standard InChI is InChI=1S/C23H29N3O3S/c1-16-24-19(15-30-16)14-26-11-7-17(8-12-26)22(27)25-18-5-6-20-21(13-18)29-23(28-20)9-3-2-4-10-23/h5-6,13,15,17H,2-4,7-12,14H2,1H3,(H,25,27). The van der Waals surface area contributed by atoms with Crippen LogP contribution in [0.25, 0.3) is 0 Å². The predicted molar refractivity (Wildman–Crippen MR) is 117 cm³/mol. The summed E-state index contributed by atoms with van der Waals surface area (Å²) < 4.78 is 12.3. The number of thiazole rings is 1. The van der Waals surface area contributed by atoms with E-state index in [2.05, 4.69) is 20.6 Å². The molecule has 0 radical (unpaired) electrons. The number of benzene rings is 1. The SMILES string of the molecule is Cc1nc(CN2CCC(C(=O)Nc3ccc4c(c3)OC3(CCCCC3)O4)CC2)cs1. The first-order chi connectivity index (χ1) is 14.6. The Morgan fingerprint density at radius 1 is 1.20 bits per heavy atom. The highest BCUT2D eigenvalue weighted by Crippen LogP contribution is 2.46. The average molecular weight is 428 g/mol. The molecule has 0 atom stereocenters. The maximum absolute atomic E-state index is 12.8. The van der Waals surface area contributed by atoms with E-state index in [0.29, 0.717) is 0 Å². The molecule has 1 spiro atoms. The summed E-state index contributed by atoms with van der Waals surface area (Å²) in [7, 11) is 0. The molecule has 3 aliphatic rings. The van der Waals surface area contributed by atoms with Crippen molar-refractivity contribution < 1.29 is 14.3 Å². The summed E-state index contributed by atoms with van der Waals surface area (Å²) in [5, 5.41) is 6.34. The second-order valence-corrected chi connectivity index (χ2v) is 9.80. The molecule has 0 unspecified atom stereocenters. The minimum Gasteiger partial charge on any atom is -0.448 e. The molecule has 2 aromatic rings. The number of aromatic nitrogens is 1. The number of piperidine rings is 1. The lowest BCUT2D eigenvalue weighted by atomic mass is 9.94. The number of nitrogens with one attached hydrogen (secondary N) is 1. The molecule has 2 fully saturated rings. The van der Waals surface area contributed by atoms with Gasteiger partial charge in [0.25, 0.3) is 5.79 Å². The fourth-order valence-corrected chi connectivity index (χ4v) is 5.38. The van der Waals surface area contributed by atoms with Gasteiger partial charge < -0.3 is 14.8 Å². The second kappa shape index (κ2) is 8.19. The zero-order valence-corrected chi connectivity index (χ0v) is 18.3. The average Bonchev–Trinajstić information content (AvgIpc) is 3.31. The molecular weight excluding hydrogens is 398 g/mol. The van der Waals surface area contributed by atoms with Crippen LogP contribution in [0, 0.1) is 12.8 Å². The summed E-state index contributed by atoms with van der Waals surface area (Å²) in [6.07, 6.45) is 7.14. The van der Waals surface area contributed by atoms with Crippen molar-refractivity contribution in [2.24, 2.45) is 5.92 Å². The number of carbonyl (C=O) groups excluding carboxylic acids is 1. The largest absolute Gasteiger partial charge is 0.448 e. The summed E-state index contributed by atoms with van der Waals surface area (Å²) in [5.41, 5.74) is 1.92. The van der Waals surface area contributed by atoms with E-state index < -0.39 is 5.79 Å². The van der Waals surface area contributed by atoms with Crippen molar-refractivity contribution in [3.8, 4) is 11.5 Å². The van der Waals surface area contributed by atoms with Crippen LogP contribution >= 0.6 is 11.3 Å². The molecule has 2 aliphatic heterocycles. The first-order valence-electron chi connectivity index (χ1n) is 11.0. The monoisotopic (exact) mass is 427 g/mol. The molecule has 1 aromatic carbocycles. The molecule has 1 saturated heterocycles. The molecule has 6 nitrogen and oxygen atoms in total. The van der Waals surface area contributed by atoms with Crippen LogP contribution in [-0.4, -0.2) is 34.7 Å². The maximum atomic E-state index is 12.8. The third-order valence-corrected chi connectivity index (χ3v) is 7.25. The summed E-state index contributed by atoms with van der Waals surface area (Å²) in [5.74, 6) is 1.22. The number of carbonyl (C=O) groups is 1. The van der Waals surface area contributed by atoms with Gasteiger partial charge in [-0.2, -0.15) is 0 Å². The Hall–Kier alpha value is -2.12. The molecule has 3 heterocycles. The third kappa shape index (κ3) is 4.18. The zero-order chi connectivity index (χ0) is 20.6. The van der Waals surface area contributed by atoms with Gasteiger partial charge in [-0.1, -0.05) is 6.42 Å². The molecule has 1 aromatic heterocycles. The van der Waals surface area contributed by atoms with Gasteiger partial charge in [-0.3, -0.25) is 9.69 Å². The van der Waals surface area contributed by atoms with Crippen molar-refractivity contribution in [1.82, 2.24) is 9.88 Å². The van der Waals surface area contributed by atoms with Gasteiger partial charge in [0, 0.05) is 42.4 Å². The Morgan fingerprint density at radius 3 is 2.70 bits per heavy atom. The van der Waals surface area contributed by atoms with Crippen molar-refractivity contribution in [3.63, 3.8) is 0 Å². The minimum absolute atomic E-state index is 0.0496. The number of hydrogen-bond donors (Lipinski definition) is 1. The minimum atomic E-state index is -0.480. The number of likely N-dealkylation sites (tertiary alicyclic amines) is 1. The van der Waals surface area contributed by atoms with Crippen LogP contribution in [0.15, 0.2) is 23.6 Å². The number of rotatable bonds is 4. The van der Waals surface area contributed by atoms with Gasteiger partial charge in [0.15, 0.2) is 11.5 Å². The molecule has 1 amide bonds. The van der Waals surface area contributed by atoms with Crippen LogP contribution in [0.4, 0.5) is 5.69 Å². The number of fused-ring (bicyclic) bond motifs is 1. The summed E-state index contributed by atoms with van der Waals surface area (Å²) >= 11 is 1.69. The first kappa shape index (κ1) is 19.8. The van der Waals surface area contributed by atoms with Crippen LogP contribution in [0.2, 0.25) is 0 Å². The quantitative estimate of drug-likeness (QED) is 0.764. The lowest BCUT2D eigenvalue weighted by molar-refractivity contribution is -0.121. The van der Waals surface area contributed by atoms with Gasteiger partial charge in [0.05, 0.1) is 10.7 Å². The van der Waals surface area contributed by atoms with E-state index in [9.17, 15) is 4.79 Å². The number of hydrogen-bond acceptors (Lipinski definition) is 6. The highest BCUT2D eigenvalue weighted by molar-refractivity contribution is 7.09. The van der Waals surface area contributed by atoms with Gasteiger partial charge in [0.1, 0.15) is 0 Å². The zero-order valence-electron chi connectivity index (χ0n) is 17.5. The molecular formula is C23H29N3O3S. The molecule has 1 aliphatic carbocycles. The number of anilines is 1. The Bertz CT molecular complexity index is 914. The lowest BCUT2D eigenvalue weighted by Gasteiger charge is -2.31. The third-order valence-electron chi connectivity index (χ3n) is 6.43. The van der Waals surface area contributed by atoms with Crippen LogP contribution < -0.4 is 14.8 Å². The fourth-order valence-electron chi connectivity index (χ4n) is 4.77. The van der Waals surface area contributed by atoms with Crippen LogP contribution in [0.1, 0.15) is 55.6 Å². The van der Waals surface area contributed by atoms with Crippen molar-refractivity contribution in [1.29, 1.82) is 0 Å². The van der Waals surface area contributed by atoms with Crippen molar-refractivity contribution in [2.75, 3.05) is 18.4 Å². The van der Waals surface area contributed by atoms with Crippen LogP contribution in [0.5, 0.6) is 11.5 Å². The first-order valence-corrected chi connectivity index (χ1v) is 11.9. The molecule has 5 rings (SSSR count). The Kier molecular flexibility index (Phi) is 5.41. The highest BCUT2D eigenvalue weighted by atomic mass is 32.1. The summed E-state index contributed by atoms with van der Waals surface area (Å²) in [6, 6.07) is 5.75. The summed E-state index contributed by atoms with van der Waals surface area (Å²) in [4.78, 5) is 19.8. The van der Waals surface area contributed by atoms with Gasteiger partial charge in [-0.15, -0.1) is 11.3 Å². The van der Waals surface area contributed by atoms with Crippen LogP contribution in [-0.2, 0) is 11.3 Å². The fraction of sp³-hybridized carbons (Fsp3) is 0.565. The number of amides is 1. The number of ether oxygens (including phenoxy) is 2. The van der Waals surface area contributed by atoms with Gasteiger partial charge in [-0.05, 0) is 57.8 Å². The van der Waals surface area contributed by atoms with Crippen molar-refractivity contribution >= 4 is 22.9 Å². The second-order valence-electron chi connectivity index (χ2n) is 8.73. The smallest absolute Gasteiger partial charge is 0.251 e. The Morgan fingerprint density at radius 2 is 1.97 bits per heavy atom. The molecule has 1 saturated carbocycles. The van der Waals surface area contributed by atoms with Crippen LogP contribution in [0.3, 0.4) is 0 Å². The Labute approximate surface area is 181 Å². The lowest BCUT2D eigenvalue weighted by Crippen LogP contribution is -2.40. The molecule has 30 heavy (non-hydrogen) atoms. The molecule has 0 bridgehead atoms. The number of nitrogens with zero attached hydrogens (tertiary/aromatic N) is 2. The van der Waals surface area contributed by atoms with Crippen molar-refractivity contribution in [2.45, 2.75) is 64.2 Å².